The Morgan fingerprint density at radius 1 is 1.20 bits per heavy atom. The number of rotatable bonds is 7. The van der Waals surface area contributed by atoms with Crippen molar-refractivity contribution in [3.05, 3.63) is 0 Å². The number of carbonyl (C=O) groups is 2. The standard InChI is InChI=1S/C11H21NO2S/c1-4-10(13)7-9(8-15)11(14)12(5-2)6-3/h9,15H,4-8H2,1-3H3/t9-/m0/s1. The van der Waals surface area contributed by atoms with Gasteiger partial charge in [-0.05, 0) is 13.8 Å². The lowest BCUT2D eigenvalue weighted by molar-refractivity contribution is -0.136. The van der Waals surface area contributed by atoms with Crippen LogP contribution in [0.15, 0.2) is 0 Å². The first-order valence-corrected chi connectivity index (χ1v) is 6.15. The van der Waals surface area contributed by atoms with Gasteiger partial charge in [0.25, 0.3) is 0 Å². The molecule has 0 radical (unpaired) electrons. The van der Waals surface area contributed by atoms with Gasteiger partial charge in [0.05, 0.1) is 5.92 Å². The second kappa shape index (κ2) is 7.74. The van der Waals surface area contributed by atoms with Gasteiger partial charge < -0.3 is 4.90 Å². The molecule has 4 heteroatoms. The fourth-order valence-electron chi connectivity index (χ4n) is 1.44. The SMILES string of the molecule is CCC(=O)C[C@@H](CS)C(=O)N(CC)CC. The molecular formula is C11H21NO2S. The summed E-state index contributed by atoms with van der Waals surface area (Å²) >= 11 is 4.14. The number of ketones is 1. The molecule has 0 aliphatic heterocycles. The van der Waals surface area contributed by atoms with Crippen molar-refractivity contribution < 1.29 is 9.59 Å². The lowest BCUT2D eigenvalue weighted by Gasteiger charge is -2.23. The highest BCUT2D eigenvalue weighted by atomic mass is 32.1. The van der Waals surface area contributed by atoms with Crippen LogP contribution in [0.4, 0.5) is 0 Å². The molecule has 0 saturated carbocycles. The zero-order valence-electron chi connectivity index (χ0n) is 9.82. The molecule has 0 aromatic rings. The van der Waals surface area contributed by atoms with Gasteiger partial charge in [0.2, 0.25) is 5.91 Å². The topological polar surface area (TPSA) is 37.4 Å². The van der Waals surface area contributed by atoms with Crippen LogP contribution in [-0.4, -0.2) is 35.4 Å². The Hall–Kier alpha value is -0.510. The van der Waals surface area contributed by atoms with Crippen molar-refractivity contribution in [3.8, 4) is 0 Å². The molecule has 0 fully saturated rings. The molecule has 0 N–H and O–H groups in total. The second-order valence-corrected chi connectivity index (χ2v) is 3.85. The minimum absolute atomic E-state index is 0.0526. The predicted octanol–water partition coefficient (Wildman–Crippen LogP) is 1.77. The average Bonchev–Trinajstić information content (AvgIpc) is 2.26. The quantitative estimate of drug-likeness (QED) is 0.678. The highest BCUT2D eigenvalue weighted by Crippen LogP contribution is 2.11. The summed E-state index contributed by atoms with van der Waals surface area (Å²) in [5.74, 6) is 0.383. The minimum Gasteiger partial charge on any atom is -0.343 e. The third-order valence-corrected chi connectivity index (χ3v) is 2.95. The van der Waals surface area contributed by atoms with Gasteiger partial charge in [-0.25, -0.2) is 0 Å². The van der Waals surface area contributed by atoms with Gasteiger partial charge in [-0.3, -0.25) is 9.59 Å². The molecule has 3 nitrogen and oxygen atoms in total. The van der Waals surface area contributed by atoms with Crippen LogP contribution in [0.1, 0.15) is 33.6 Å². The largest absolute Gasteiger partial charge is 0.343 e. The Morgan fingerprint density at radius 2 is 1.73 bits per heavy atom. The van der Waals surface area contributed by atoms with E-state index >= 15 is 0 Å². The summed E-state index contributed by atoms with van der Waals surface area (Å²) in [5, 5.41) is 0. The Labute approximate surface area is 97.6 Å². The molecule has 0 spiro atoms. The molecule has 15 heavy (non-hydrogen) atoms. The van der Waals surface area contributed by atoms with Gasteiger partial charge in [-0.15, -0.1) is 0 Å². The number of Topliss-reactive ketones (excluding diaryl/α,β-unsaturated/α-hetero) is 1. The fraction of sp³-hybridized carbons (Fsp3) is 0.818. The summed E-state index contributed by atoms with van der Waals surface area (Å²) in [6.45, 7) is 7.09. The zero-order valence-corrected chi connectivity index (χ0v) is 10.7. The Bertz CT molecular complexity index is 215. The maximum Gasteiger partial charge on any atom is 0.226 e. The van der Waals surface area contributed by atoms with Crippen LogP contribution in [0.5, 0.6) is 0 Å². The predicted molar refractivity (Wildman–Crippen MR) is 65.2 cm³/mol. The smallest absolute Gasteiger partial charge is 0.226 e. The third-order valence-electron chi connectivity index (χ3n) is 2.51. The van der Waals surface area contributed by atoms with Gasteiger partial charge in [-0.2, -0.15) is 12.6 Å². The molecule has 0 aromatic heterocycles. The molecule has 88 valence electrons. The van der Waals surface area contributed by atoms with Gasteiger partial charge >= 0.3 is 0 Å². The molecule has 0 unspecified atom stereocenters. The molecular weight excluding hydrogens is 210 g/mol. The highest BCUT2D eigenvalue weighted by Gasteiger charge is 2.23. The Morgan fingerprint density at radius 3 is 2.07 bits per heavy atom. The molecule has 0 aliphatic carbocycles. The molecule has 0 heterocycles. The number of nitrogens with zero attached hydrogens (tertiary/aromatic N) is 1. The normalized spacial score (nSPS) is 12.3. The van der Waals surface area contributed by atoms with E-state index in [-0.39, 0.29) is 17.6 Å². The van der Waals surface area contributed by atoms with Crippen molar-refractivity contribution in [1.82, 2.24) is 4.90 Å². The first-order valence-electron chi connectivity index (χ1n) is 5.51. The van der Waals surface area contributed by atoms with Gasteiger partial charge in [0.15, 0.2) is 0 Å². The van der Waals surface area contributed by atoms with E-state index in [0.29, 0.717) is 31.7 Å². The number of hydrogen-bond acceptors (Lipinski definition) is 3. The average molecular weight is 231 g/mol. The van der Waals surface area contributed by atoms with Crippen LogP contribution in [0.2, 0.25) is 0 Å². The summed E-state index contributed by atoms with van der Waals surface area (Å²) in [5.41, 5.74) is 0. The zero-order chi connectivity index (χ0) is 11.8. The molecule has 0 bridgehead atoms. The van der Waals surface area contributed by atoms with Gasteiger partial charge in [-0.1, -0.05) is 6.92 Å². The van der Waals surface area contributed by atoms with E-state index in [2.05, 4.69) is 12.6 Å². The van der Waals surface area contributed by atoms with Crippen molar-refractivity contribution >= 4 is 24.3 Å². The van der Waals surface area contributed by atoms with Crippen molar-refractivity contribution in [2.45, 2.75) is 33.6 Å². The van der Waals surface area contributed by atoms with Gasteiger partial charge in [0, 0.05) is 31.7 Å². The minimum atomic E-state index is -0.249. The monoisotopic (exact) mass is 231 g/mol. The van der Waals surface area contributed by atoms with E-state index in [9.17, 15) is 9.59 Å². The van der Waals surface area contributed by atoms with Crippen LogP contribution in [-0.2, 0) is 9.59 Å². The van der Waals surface area contributed by atoms with Crippen LogP contribution in [0.25, 0.3) is 0 Å². The van der Waals surface area contributed by atoms with Gasteiger partial charge in [0.1, 0.15) is 5.78 Å². The highest BCUT2D eigenvalue weighted by molar-refractivity contribution is 7.80. The summed E-state index contributed by atoms with van der Waals surface area (Å²) < 4.78 is 0. The number of amides is 1. The Kier molecular flexibility index (Phi) is 7.48. The Balaban J connectivity index is 4.38. The summed E-state index contributed by atoms with van der Waals surface area (Å²) in [6.07, 6.45) is 0.825. The molecule has 1 amide bonds. The van der Waals surface area contributed by atoms with E-state index in [1.807, 2.05) is 20.8 Å². The van der Waals surface area contributed by atoms with E-state index in [1.54, 1.807) is 4.90 Å². The maximum atomic E-state index is 11.9. The number of hydrogen-bond donors (Lipinski definition) is 1. The van der Waals surface area contributed by atoms with Crippen molar-refractivity contribution in [1.29, 1.82) is 0 Å². The summed E-state index contributed by atoms with van der Waals surface area (Å²) in [6, 6.07) is 0. The van der Waals surface area contributed by atoms with Crippen LogP contribution in [0, 0.1) is 5.92 Å². The lowest BCUT2D eigenvalue weighted by atomic mass is 10.0. The molecule has 1 atom stereocenters. The second-order valence-electron chi connectivity index (χ2n) is 3.49. The molecule has 0 saturated heterocycles. The van der Waals surface area contributed by atoms with Crippen molar-refractivity contribution in [2.24, 2.45) is 5.92 Å². The number of carbonyl (C=O) groups excluding carboxylic acids is 2. The third kappa shape index (κ3) is 4.69. The fourth-order valence-corrected chi connectivity index (χ4v) is 1.73. The molecule has 0 rings (SSSR count). The first kappa shape index (κ1) is 14.5. The molecule has 0 aromatic carbocycles. The van der Waals surface area contributed by atoms with Crippen LogP contribution < -0.4 is 0 Å². The van der Waals surface area contributed by atoms with E-state index < -0.39 is 0 Å². The summed E-state index contributed by atoms with van der Waals surface area (Å²) in [4.78, 5) is 24.9. The summed E-state index contributed by atoms with van der Waals surface area (Å²) in [7, 11) is 0. The van der Waals surface area contributed by atoms with Crippen LogP contribution in [0.3, 0.4) is 0 Å². The van der Waals surface area contributed by atoms with E-state index in [1.165, 1.54) is 0 Å². The van der Waals surface area contributed by atoms with Crippen LogP contribution >= 0.6 is 12.6 Å². The lowest BCUT2D eigenvalue weighted by Crippen LogP contribution is -2.37. The maximum absolute atomic E-state index is 11.9. The number of thiol groups is 1. The van der Waals surface area contributed by atoms with E-state index in [0.717, 1.165) is 0 Å². The van der Waals surface area contributed by atoms with Crippen molar-refractivity contribution in [3.63, 3.8) is 0 Å². The van der Waals surface area contributed by atoms with E-state index in [4.69, 9.17) is 0 Å². The van der Waals surface area contributed by atoms with Crippen molar-refractivity contribution in [2.75, 3.05) is 18.8 Å². The first-order chi connectivity index (χ1) is 7.10. The molecule has 0 aliphatic rings.